The van der Waals surface area contributed by atoms with E-state index >= 15 is 0 Å². The highest BCUT2D eigenvalue weighted by atomic mass is 16.5. The Bertz CT molecular complexity index is 566. The molecule has 22 heavy (non-hydrogen) atoms. The summed E-state index contributed by atoms with van der Waals surface area (Å²) >= 11 is 0. The number of hydrogen-bond donors (Lipinski definition) is 0. The van der Waals surface area contributed by atoms with Gasteiger partial charge in [-0.3, -0.25) is 4.79 Å². The van der Waals surface area contributed by atoms with Gasteiger partial charge in [0, 0.05) is 0 Å². The molecule has 1 aromatic carbocycles. The van der Waals surface area contributed by atoms with E-state index in [0.29, 0.717) is 11.8 Å². The van der Waals surface area contributed by atoms with Crippen LogP contribution in [-0.4, -0.2) is 20.2 Å². The Hall–Kier alpha value is -1.51. The van der Waals surface area contributed by atoms with E-state index in [1.54, 1.807) is 7.11 Å². The van der Waals surface area contributed by atoms with E-state index in [-0.39, 0.29) is 11.4 Å². The summed E-state index contributed by atoms with van der Waals surface area (Å²) in [4.78, 5) is 12.4. The molecular formula is C19H26O3. The highest BCUT2D eigenvalue weighted by molar-refractivity contribution is 5.77. The summed E-state index contributed by atoms with van der Waals surface area (Å²) in [5, 5.41) is 0. The lowest BCUT2D eigenvalue weighted by molar-refractivity contribution is -0.160. The van der Waals surface area contributed by atoms with Gasteiger partial charge in [0.25, 0.3) is 0 Å². The highest BCUT2D eigenvalue weighted by Crippen LogP contribution is 2.50. The van der Waals surface area contributed by atoms with Crippen LogP contribution in [0.15, 0.2) is 18.2 Å². The number of hydrogen-bond acceptors (Lipinski definition) is 3. The van der Waals surface area contributed by atoms with E-state index in [9.17, 15) is 4.79 Å². The van der Waals surface area contributed by atoms with E-state index < -0.39 is 0 Å². The van der Waals surface area contributed by atoms with Gasteiger partial charge in [-0.25, -0.2) is 0 Å². The van der Waals surface area contributed by atoms with Gasteiger partial charge in [0.15, 0.2) is 0 Å². The van der Waals surface area contributed by atoms with Crippen molar-refractivity contribution in [2.75, 3.05) is 14.2 Å². The lowest BCUT2D eigenvalue weighted by Crippen LogP contribution is -2.44. The van der Waals surface area contributed by atoms with Gasteiger partial charge in [0.2, 0.25) is 0 Å². The fourth-order valence-electron chi connectivity index (χ4n) is 4.68. The molecule has 2 aliphatic rings. The van der Waals surface area contributed by atoms with Gasteiger partial charge in [-0.05, 0) is 74.1 Å². The molecule has 0 saturated heterocycles. The van der Waals surface area contributed by atoms with Crippen LogP contribution in [0.1, 0.15) is 43.7 Å². The van der Waals surface area contributed by atoms with E-state index in [0.717, 1.165) is 37.9 Å². The first-order valence-corrected chi connectivity index (χ1v) is 8.32. The molecule has 1 fully saturated rings. The monoisotopic (exact) mass is 302 g/mol. The third kappa shape index (κ3) is 2.51. The second-order valence-electron chi connectivity index (χ2n) is 7.05. The largest absolute Gasteiger partial charge is 0.497 e. The molecule has 1 aromatic rings. The molecule has 1 saturated carbocycles. The van der Waals surface area contributed by atoms with Crippen LogP contribution in [0.3, 0.4) is 0 Å². The van der Waals surface area contributed by atoms with Crippen molar-refractivity contribution >= 4 is 5.97 Å². The molecular weight excluding hydrogens is 276 g/mol. The summed E-state index contributed by atoms with van der Waals surface area (Å²) < 4.78 is 10.5. The van der Waals surface area contributed by atoms with Crippen molar-refractivity contribution in [2.45, 2.75) is 45.4 Å². The summed E-state index contributed by atoms with van der Waals surface area (Å²) in [7, 11) is 3.24. The van der Waals surface area contributed by atoms with Gasteiger partial charge >= 0.3 is 5.97 Å². The van der Waals surface area contributed by atoms with Crippen LogP contribution in [0.25, 0.3) is 0 Å². The minimum atomic E-state index is -0.316. The summed E-state index contributed by atoms with van der Waals surface area (Å²) in [6.07, 6.45) is 6.48. The quantitative estimate of drug-likeness (QED) is 0.780. The molecule has 3 rings (SSSR count). The molecule has 120 valence electrons. The fourth-order valence-corrected chi connectivity index (χ4v) is 4.68. The smallest absolute Gasteiger partial charge is 0.311 e. The van der Waals surface area contributed by atoms with Gasteiger partial charge in [0.05, 0.1) is 19.6 Å². The predicted molar refractivity (Wildman–Crippen MR) is 86.0 cm³/mol. The lowest BCUT2D eigenvalue weighted by atomic mass is 9.60. The number of rotatable bonds is 2. The van der Waals surface area contributed by atoms with Crippen LogP contribution in [0.5, 0.6) is 5.75 Å². The molecule has 0 bridgehead atoms. The maximum Gasteiger partial charge on any atom is 0.311 e. The molecule has 0 spiro atoms. The minimum Gasteiger partial charge on any atom is -0.497 e. The number of esters is 1. The molecule has 3 nitrogen and oxygen atoms in total. The van der Waals surface area contributed by atoms with Crippen LogP contribution in [-0.2, 0) is 22.4 Å². The molecule has 0 aliphatic heterocycles. The van der Waals surface area contributed by atoms with E-state index in [1.165, 1.54) is 24.7 Å². The van der Waals surface area contributed by atoms with Crippen molar-refractivity contribution in [2.24, 2.45) is 17.3 Å². The average Bonchev–Trinajstić information content (AvgIpc) is 2.73. The molecule has 0 aromatic heterocycles. The van der Waals surface area contributed by atoms with Crippen LogP contribution in [0.2, 0.25) is 0 Å². The number of ether oxygens (including phenoxy) is 2. The second kappa shape index (κ2) is 5.94. The van der Waals surface area contributed by atoms with Gasteiger partial charge in [-0.2, -0.15) is 0 Å². The molecule has 2 aliphatic carbocycles. The van der Waals surface area contributed by atoms with Crippen LogP contribution < -0.4 is 4.74 Å². The van der Waals surface area contributed by atoms with Gasteiger partial charge in [-0.1, -0.05) is 12.5 Å². The number of fused-ring (bicyclic) bond motifs is 2. The summed E-state index contributed by atoms with van der Waals surface area (Å²) in [5.41, 5.74) is 2.51. The molecule has 3 heteroatoms. The van der Waals surface area contributed by atoms with Crippen molar-refractivity contribution in [3.63, 3.8) is 0 Å². The number of aryl methyl sites for hydroxylation is 1. The molecule has 0 N–H and O–H groups in total. The summed E-state index contributed by atoms with van der Waals surface area (Å²) in [5.74, 6) is 1.92. The fraction of sp³-hybridized carbons (Fsp3) is 0.632. The number of benzene rings is 1. The molecule has 0 amide bonds. The zero-order chi connectivity index (χ0) is 15.7. The number of methoxy groups -OCH3 is 2. The van der Waals surface area contributed by atoms with Crippen molar-refractivity contribution in [1.82, 2.24) is 0 Å². The van der Waals surface area contributed by atoms with Crippen molar-refractivity contribution in [1.29, 1.82) is 0 Å². The van der Waals surface area contributed by atoms with Crippen molar-refractivity contribution in [3.05, 3.63) is 29.3 Å². The van der Waals surface area contributed by atoms with Gasteiger partial charge in [-0.15, -0.1) is 0 Å². The highest BCUT2D eigenvalue weighted by Gasteiger charge is 2.48. The van der Waals surface area contributed by atoms with E-state index in [4.69, 9.17) is 9.47 Å². The average molecular weight is 302 g/mol. The molecule has 0 heterocycles. The number of carbonyl (C=O) groups excluding carboxylic acids is 1. The Morgan fingerprint density at radius 3 is 2.77 bits per heavy atom. The number of carbonyl (C=O) groups is 1. The second-order valence-corrected chi connectivity index (χ2v) is 7.05. The first-order valence-electron chi connectivity index (χ1n) is 8.32. The first kappa shape index (κ1) is 15.4. The van der Waals surface area contributed by atoms with Crippen LogP contribution in [0, 0.1) is 17.3 Å². The molecule has 3 atom stereocenters. The van der Waals surface area contributed by atoms with E-state index in [1.807, 2.05) is 0 Å². The Balaban J connectivity index is 1.91. The maximum absolute atomic E-state index is 12.4. The Morgan fingerprint density at radius 1 is 1.23 bits per heavy atom. The third-order valence-electron chi connectivity index (χ3n) is 5.93. The van der Waals surface area contributed by atoms with E-state index in [2.05, 4.69) is 25.1 Å². The maximum atomic E-state index is 12.4. The Kier molecular flexibility index (Phi) is 4.16. The normalized spacial score (nSPS) is 30.7. The summed E-state index contributed by atoms with van der Waals surface area (Å²) in [6.45, 7) is 2.12. The SMILES string of the molecule is COC(=O)[C@]1(C)CCC[C@H]2Cc3ccc(OC)cc3CC[C@H]21. The first-order chi connectivity index (χ1) is 10.6. The van der Waals surface area contributed by atoms with Crippen molar-refractivity contribution in [3.8, 4) is 5.75 Å². The minimum absolute atomic E-state index is 0.0225. The van der Waals surface area contributed by atoms with Crippen molar-refractivity contribution < 1.29 is 14.3 Å². The standard InChI is InChI=1S/C19H26O3/c1-19(18(20)22-3)10-4-5-15-11-13-6-8-16(21-2)12-14(13)7-9-17(15)19/h6,8,12,15,17H,4-5,7,9-11H2,1-3H3/t15-,17+,19+/m0/s1. The topological polar surface area (TPSA) is 35.5 Å². The van der Waals surface area contributed by atoms with Gasteiger partial charge < -0.3 is 9.47 Å². The van der Waals surface area contributed by atoms with Crippen LogP contribution in [0.4, 0.5) is 0 Å². The Labute approximate surface area is 133 Å². The molecule has 0 unspecified atom stereocenters. The van der Waals surface area contributed by atoms with Crippen LogP contribution >= 0.6 is 0 Å². The summed E-state index contributed by atoms with van der Waals surface area (Å²) in [6, 6.07) is 6.43. The lowest BCUT2D eigenvalue weighted by Gasteiger charge is -2.43. The van der Waals surface area contributed by atoms with Gasteiger partial charge in [0.1, 0.15) is 5.75 Å². The zero-order valence-electron chi connectivity index (χ0n) is 13.9. The molecule has 0 radical (unpaired) electrons. The predicted octanol–water partition coefficient (Wildman–Crippen LogP) is 3.78. The zero-order valence-corrected chi connectivity index (χ0v) is 13.9. The third-order valence-corrected chi connectivity index (χ3v) is 5.93. The Morgan fingerprint density at radius 2 is 2.05 bits per heavy atom.